The maximum absolute atomic E-state index is 9.08. The molecule has 3 N–H and O–H groups in total. The molecule has 1 rings (SSSR count). The highest BCUT2D eigenvalue weighted by molar-refractivity contribution is 7.80. The first-order valence-corrected chi connectivity index (χ1v) is 5.37. The van der Waals surface area contributed by atoms with Gasteiger partial charge in [-0.05, 0) is 55.9 Å². The summed E-state index contributed by atoms with van der Waals surface area (Å²) in [5.74, 6) is 0.238. The third kappa shape index (κ3) is 4.75. The van der Waals surface area contributed by atoms with E-state index in [4.69, 9.17) is 17.3 Å². The van der Waals surface area contributed by atoms with Crippen LogP contribution in [0.25, 0.3) is 0 Å². The van der Waals surface area contributed by atoms with Gasteiger partial charge < -0.3 is 10.4 Å². The van der Waals surface area contributed by atoms with Crippen LogP contribution in [0.5, 0.6) is 5.75 Å². The third-order valence-electron chi connectivity index (χ3n) is 1.69. The first-order valence-electron chi connectivity index (χ1n) is 4.96. The number of phenols is 1. The lowest BCUT2D eigenvalue weighted by Gasteiger charge is -2.09. The molecule has 0 aromatic heterocycles. The second-order valence-electron chi connectivity index (χ2n) is 3.59. The number of hydrogen-bond donors (Lipinski definition) is 3. The van der Waals surface area contributed by atoms with Gasteiger partial charge in [0.25, 0.3) is 0 Å². The normalized spacial score (nSPS) is 10.7. The van der Waals surface area contributed by atoms with Crippen molar-refractivity contribution in [2.75, 3.05) is 0 Å². The summed E-state index contributed by atoms with van der Waals surface area (Å²) in [4.78, 5) is 0. The van der Waals surface area contributed by atoms with Gasteiger partial charge in [0.05, 0.1) is 6.21 Å². The van der Waals surface area contributed by atoms with Crippen molar-refractivity contribution in [1.29, 1.82) is 0 Å². The Morgan fingerprint density at radius 1 is 1.38 bits per heavy atom. The average Bonchev–Trinajstić information content (AvgIpc) is 2.20. The van der Waals surface area contributed by atoms with Gasteiger partial charge in [-0.3, -0.25) is 5.43 Å². The van der Waals surface area contributed by atoms with E-state index < -0.39 is 0 Å². The molecule has 5 heteroatoms. The number of rotatable bonds is 3. The lowest BCUT2D eigenvalue weighted by atomic mass is 10.2. The predicted octanol–water partition coefficient (Wildman–Crippen LogP) is 1.60. The number of thiocarbonyl (C=S) groups is 1. The van der Waals surface area contributed by atoms with E-state index in [2.05, 4.69) is 15.8 Å². The van der Waals surface area contributed by atoms with Crippen LogP contribution in [0.2, 0.25) is 0 Å². The summed E-state index contributed by atoms with van der Waals surface area (Å²) in [5.41, 5.74) is 3.59. The largest absolute Gasteiger partial charge is 0.508 e. The van der Waals surface area contributed by atoms with Gasteiger partial charge in [0.15, 0.2) is 5.11 Å². The van der Waals surface area contributed by atoms with E-state index in [0.29, 0.717) is 5.11 Å². The number of hydrogen-bond acceptors (Lipinski definition) is 3. The Labute approximate surface area is 100 Å². The molecule has 0 fully saturated rings. The molecule has 0 spiro atoms. The summed E-state index contributed by atoms with van der Waals surface area (Å²) in [6.07, 6.45) is 1.63. The summed E-state index contributed by atoms with van der Waals surface area (Å²) < 4.78 is 0. The molecule has 4 nitrogen and oxygen atoms in total. The molecule has 0 bridgehead atoms. The van der Waals surface area contributed by atoms with E-state index in [-0.39, 0.29) is 11.8 Å². The minimum atomic E-state index is 0.238. The summed E-state index contributed by atoms with van der Waals surface area (Å²) in [5, 5.41) is 16.5. The lowest BCUT2D eigenvalue weighted by molar-refractivity contribution is 0.475. The van der Waals surface area contributed by atoms with Crippen LogP contribution in [0.4, 0.5) is 0 Å². The van der Waals surface area contributed by atoms with Crippen LogP contribution in [0.15, 0.2) is 29.4 Å². The van der Waals surface area contributed by atoms with E-state index in [1.807, 2.05) is 13.8 Å². The zero-order valence-corrected chi connectivity index (χ0v) is 10.1. The number of benzene rings is 1. The molecule has 0 radical (unpaired) electrons. The lowest BCUT2D eigenvalue weighted by Crippen LogP contribution is -2.36. The van der Waals surface area contributed by atoms with Crippen LogP contribution < -0.4 is 10.7 Å². The Kier molecular flexibility index (Phi) is 4.72. The van der Waals surface area contributed by atoms with E-state index in [1.165, 1.54) is 0 Å². The van der Waals surface area contributed by atoms with Gasteiger partial charge in [-0.15, -0.1) is 0 Å². The van der Waals surface area contributed by atoms with Crippen LogP contribution in [-0.4, -0.2) is 22.5 Å². The highest BCUT2D eigenvalue weighted by Crippen LogP contribution is 2.07. The summed E-state index contributed by atoms with van der Waals surface area (Å²) in [6, 6.07) is 7.01. The van der Waals surface area contributed by atoms with Crippen molar-refractivity contribution in [1.82, 2.24) is 10.7 Å². The van der Waals surface area contributed by atoms with E-state index in [1.54, 1.807) is 30.5 Å². The van der Waals surface area contributed by atoms with Gasteiger partial charge in [0.2, 0.25) is 0 Å². The zero-order valence-electron chi connectivity index (χ0n) is 9.27. The van der Waals surface area contributed by atoms with Crippen LogP contribution in [0, 0.1) is 0 Å². The van der Waals surface area contributed by atoms with Crippen molar-refractivity contribution in [2.45, 2.75) is 19.9 Å². The molecule has 0 saturated carbocycles. The Morgan fingerprint density at radius 2 is 2.00 bits per heavy atom. The maximum Gasteiger partial charge on any atom is 0.187 e. The molecular weight excluding hydrogens is 222 g/mol. The number of aromatic hydroxyl groups is 1. The number of nitrogens with one attached hydrogen (secondary N) is 2. The summed E-state index contributed by atoms with van der Waals surface area (Å²) in [7, 11) is 0. The molecular formula is C11H15N3OS. The van der Waals surface area contributed by atoms with Crippen molar-refractivity contribution >= 4 is 23.5 Å². The van der Waals surface area contributed by atoms with Gasteiger partial charge in [-0.1, -0.05) is 0 Å². The van der Waals surface area contributed by atoms with Crippen LogP contribution >= 0.6 is 12.2 Å². The minimum absolute atomic E-state index is 0.238. The smallest absolute Gasteiger partial charge is 0.187 e. The second-order valence-corrected chi connectivity index (χ2v) is 4.00. The van der Waals surface area contributed by atoms with Crippen LogP contribution in [-0.2, 0) is 0 Å². The molecule has 0 saturated heterocycles. The van der Waals surface area contributed by atoms with Crippen molar-refractivity contribution in [3.63, 3.8) is 0 Å². The minimum Gasteiger partial charge on any atom is -0.508 e. The van der Waals surface area contributed by atoms with Gasteiger partial charge >= 0.3 is 0 Å². The second kappa shape index (κ2) is 6.07. The van der Waals surface area contributed by atoms with Gasteiger partial charge in [-0.25, -0.2) is 0 Å². The fourth-order valence-electron chi connectivity index (χ4n) is 1.02. The molecule has 16 heavy (non-hydrogen) atoms. The molecule has 1 aromatic carbocycles. The third-order valence-corrected chi connectivity index (χ3v) is 1.90. The number of hydrazone groups is 1. The quantitative estimate of drug-likeness (QED) is 0.424. The topological polar surface area (TPSA) is 56.7 Å². The zero-order chi connectivity index (χ0) is 12.0. The average molecular weight is 237 g/mol. The van der Waals surface area contributed by atoms with Crippen molar-refractivity contribution in [3.05, 3.63) is 29.8 Å². The fraction of sp³-hybridized carbons (Fsp3) is 0.273. The van der Waals surface area contributed by atoms with E-state index in [0.717, 1.165) is 5.56 Å². The summed E-state index contributed by atoms with van der Waals surface area (Å²) in [6.45, 7) is 4.00. The van der Waals surface area contributed by atoms with Crippen LogP contribution in [0.3, 0.4) is 0 Å². The highest BCUT2D eigenvalue weighted by atomic mass is 32.1. The van der Waals surface area contributed by atoms with Gasteiger partial charge in [0, 0.05) is 6.04 Å². The van der Waals surface area contributed by atoms with Gasteiger partial charge in [0.1, 0.15) is 5.75 Å². The van der Waals surface area contributed by atoms with Crippen molar-refractivity contribution in [3.8, 4) is 5.75 Å². The molecule has 1 aromatic rings. The Balaban J connectivity index is 2.43. The molecule has 86 valence electrons. The Bertz CT molecular complexity index is 373. The van der Waals surface area contributed by atoms with E-state index in [9.17, 15) is 0 Å². The number of nitrogens with zero attached hydrogens (tertiary/aromatic N) is 1. The molecule has 0 aliphatic heterocycles. The Hall–Kier alpha value is -1.62. The SMILES string of the molecule is CC(C)NC(=S)N/N=C/c1ccc(O)cc1. The molecule has 0 aliphatic carbocycles. The molecule has 0 amide bonds. The van der Waals surface area contributed by atoms with Gasteiger partial charge in [-0.2, -0.15) is 5.10 Å². The fourth-order valence-corrected chi connectivity index (χ4v) is 1.31. The van der Waals surface area contributed by atoms with Crippen molar-refractivity contribution in [2.24, 2.45) is 5.10 Å². The maximum atomic E-state index is 9.08. The Morgan fingerprint density at radius 3 is 2.56 bits per heavy atom. The van der Waals surface area contributed by atoms with Crippen molar-refractivity contribution < 1.29 is 5.11 Å². The van der Waals surface area contributed by atoms with Crippen LogP contribution in [0.1, 0.15) is 19.4 Å². The highest BCUT2D eigenvalue weighted by Gasteiger charge is 1.95. The van der Waals surface area contributed by atoms with E-state index >= 15 is 0 Å². The standard InChI is InChI=1S/C11H15N3OS/c1-8(2)13-11(16)14-12-7-9-3-5-10(15)6-4-9/h3-8,15H,1-2H3,(H2,13,14,16)/b12-7+. The molecule has 0 unspecified atom stereocenters. The predicted molar refractivity (Wildman–Crippen MR) is 69.7 cm³/mol. The monoisotopic (exact) mass is 237 g/mol. The summed E-state index contributed by atoms with van der Waals surface area (Å²) >= 11 is 4.99. The first kappa shape index (κ1) is 12.4. The first-order chi connectivity index (χ1) is 7.58. The molecule has 0 atom stereocenters. The molecule has 0 aliphatic rings. The number of phenolic OH excluding ortho intramolecular Hbond substituents is 1. The molecule has 0 heterocycles.